The number of fused-ring (bicyclic) bond motifs is 1. The van der Waals surface area contributed by atoms with Gasteiger partial charge in [0, 0.05) is 25.0 Å². The van der Waals surface area contributed by atoms with Crippen LogP contribution in [0.2, 0.25) is 5.02 Å². The van der Waals surface area contributed by atoms with Crippen LogP contribution >= 0.6 is 11.6 Å². The standard InChI is InChI=1S/C28H29ClO6/c1-3-28(27(30)31)14-13-20-7-10-22(18-26(20)35-28)32-15-4-16-33-25-12-11-23(17-24(25)29)34-21-8-5-19(2)6-9-21/h5-12,17-18H,3-4,13-16H2,1-2H3,(H,30,31)/t28-/m1/s1. The van der Waals surface area contributed by atoms with E-state index in [-0.39, 0.29) is 0 Å². The molecule has 0 aromatic heterocycles. The maximum Gasteiger partial charge on any atom is 0.348 e. The van der Waals surface area contributed by atoms with Crippen LogP contribution in [0.4, 0.5) is 0 Å². The molecule has 3 aromatic rings. The lowest BCUT2D eigenvalue weighted by Gasteiger charge is -2.34. The molecule has 4 rings (SSSR count). The van der Waals surface area contributed by atoms with Crippen LogP contribution in [-0.4, -0.2) is 29.9 Å². The van der Waals surface area contributed by atoms with Gasteiger partial charge in [-0.15, -0.1) is 0 Å². The molecule has 1 aliphatic rings. The van der Waals surface area contributed by atoms with Crippen molar-refractivity contribution in [2.75, 3.05) is 13.2 Å². The van der Waals surface area contributed by atoms with Crippen molar-refractivity contribution in [2.24, 2.45) is 0 Å². The van der Waals surface area contributed by atoms with Crippen molar-refractivity contribution in [2.45, 2.75) is 45.1 Å². The van der Waals surface area contributed by atoms with Crippen molar-refractivity contribution in [1.82, 2.24) is 0 Å². The molecular formula is C28H29ClO6. The first-order chi connectivity index (χ1) is 16.9. The monoisotopic (exact) mass is 496 g/mol. The van der Waals surface area contributed by atoms with Gasteiger partial charge in [0.1, 0.15) is 28.7 Å². The Morgan fingerprint density at radius 2 is 1.71 bits per heavy atom. The number of carbonyl (C=O) groups is 1. The number of hydrogen-bond acceptors (Lipinski definition) is 5. The van der Waals surface area contributed by atoms with E-state index >= 15 is 0 Å². The highest BCUT2D eigenvalue weighted by molar-refractivity contribution is 6.32. The zero-order chi connectivity index (χ0) is 24.8. The van der Waals surface area contributed by atoms with Gasteiger partial charge in [-0.3, -0.25) is 0 Å². The maximum absolute atomic E-state index is 11.7. The van der Waals surface area contributed by atoms with Gasteiger partial charge in [0.15, 0.2) is 0 Å². The van der Waals surface area contributed by atoms with Crippen molar-refractivity contribution in [3.05, 3.63) is 76.8 Å². The minimum atomic E-state index is -1.17. The fourth-order valence-corrected chi connectivity index (χ4v) is 4.14. The predicted molar refractivity (Wildman–Crippen MR) is 134 cm³/mol. The summed E-state index contributed by atoms with van der Waals surface area (Å²) < 4.78 is 23.4. The molecule has 184 valence electrons. The van der Waals surface area contributed by atoms with Gasteiger partial charge >= 0.3 is 5.97 Å². The maximum atomic E-state index is 11.7. The second kappa shape index (κ2) is 10.9. The number of aryl methyl sites for hydroxylation is 2. The number of rotatable bonds is 10. The summed E-state index contributed by atoms with van der Waals surface area (Å²) in [7, 11) is 0. The zero-order valence-corrected chi connectivity index (χ0v) is 20.6. The van der Waals surface area contributed by atoms with Crippen molar-refractivity contribution in [1.29, 1.82) is 0 Å². The van der Waals surface area contributed by atoms with Crippen LogP contribution in [0.5, 0.6) is 28.7 Å². The summed E-state index contributed by atoms with van der Waals surface area (Å²) in [6.07, 6.45) is 2.18. The van der Waals surface area contributed by atoms with Crippen molar-refractivity contribution in [3.8, 4) is 28.7 Å². The van der Waals surface area contributed by atoms with E-state index in [1.54, 1.807) is 18.2 Å². The van der Waals surface area contributed by atoms with Crippen LogP contribution in [0.1, 0.15) is 37.3 Å². The van der Waals surface area contributed by atoms with Gasteiger partial charge in [0.05, 0.1) is 18.2 Å². The summed E-state index contributed by atoms with van der Waals surface area (Å²) in [5, 5.41) is 10.1. The fraction of sp³-hybridized carbons (Fsp3) is 0.321. The fourth-order valence-electron chi connectivity index (χ4n) is 3.91. The SMILES string of the molecule is CC[C@]1(C(=O)O)CCc2ccc(OCCCOc3ccc(Oc4ccc(C)cc4)cc3Cl)cc2O1. The normalized spacial score (nSPS) is 16.7. The topological polar surface area (TPSA) is 74.2 Å². The molecule has 0 aliphatic carbocycles. The third-order valence-corrected chi connectivity index (χ3v) is 6.37. The predicted octanol–water partition coefficient (Wildman–Crippen LogP) is 6.85. The molecule has 0 amide bonds. The van der Waals surface area contributed by atoms with E-state index in [1.165, 1.54) is 5.56 Å². The van der Waals surface area contributed by atoms with E-state index in [9.17, 15) is 9.90 Å². The van der Waals surface area contributed by atoms with Crippen LogP contribution in [0.15, 0.2) is 60.7 Å². The third-order valence-electron chi connectivity index (χ3n) is 6.08. The minimum Gasteiger partial charge on any atom is -0.493 e. The Labute approximate surface area is 210 Å². The van der Waals surface area contributed by atoms with E-state index in [2.05, 4.69) is 0 Å². The first-order valence-electron chi connectivity index (χ1n) is 11.7. The van der Waals surface area contributed by atoms with Gasteiger partial charge in [-0.2, -0.15) is 0 Å². The van der Waals surface area contributed by atoms with Crippen LogP contribution in [-0.2, 0) is 11.2 Å². The summed E-state index contributed by atoms with van der Waals surface area (Å²) in [6, 6.07) is 18.7. The third kappa shape index (κ3) is 6.01. The van der Waals surface area contributed by atoms with E-state index in [0.29, 0.717) is 66.9 Å². The summed E-state index contributed by atoms with van der Waals surface area (Å²) in [4.78, 5) is 11.7. The Hall–Kier alpha value is -3.38. The molecule has 0 radical (unpaired) electrons. The summed E-state index contributed by atoms with van der Waals surface area (Å²) in [5.41, 5.74) is 0.995. The molecule has 1 heterocycles. The van der Waals surface area contributed by atoms with Crippen molar-refractivity contribution in [3.63, 3.8) is 0 Å². The highest BCUT2D eigenvalue weighted by Crippen LogP contribution is 2.37. The average molecular weight is 497 g/mol. The molecule has 35 heavy (non-hydrogen) atoms. The molecule has 0 bridgehead atoms. The molecule has 6 nitrogen and oxygen atoms in total. The Bertz CT molecular complexity index is 1180. The average Bonchev–Trinajstić information content (AvgIpc) is 2.85. The first-order valence-corrected chi connectivity index (χ1v) is 12.1. The molecule has 3 aromatic carbocycles. The molecule has 0 saturated heterocycles. The van der Waals surface area contributed by atoms with Gasteiger partial charge in [-0.25, -0.2) is 4.79 Å². The molecule has 0 spiro atoms. The second-order valence-electron chi connectivity index (χ2n) is 8.58. The number of carboxylic acids is 1. The second-order valence-corrected chi connectivity index (χ2v) is 8.99. The molecule has 1 N–H and O–H groups in total. The Balaban J connectivity index is 1.25. The Morgan fingerprint density at radius 1 is 1.00 bits per heavy atom. The molecule has 0 fully saturated rings. The number of ether oxygens (including phenoxy) is 4. The van der Waals surface area contributed by atoms with Crippen LogP contribution in [0.25, 0.3) is 0 Å². The molecule has 0 unspecified atom stereocenters. The Kier molecular flexibility index (Phi) is 7.71. The van der Waals surface area contributed by atoms with E-state index in [1.807, 2.05) is 56.3 Å². The lowest BCUT2D eigenvalue weighted by Crippen LogP contribution is -2.46. The van der Waals surface area contributed by atoms with Gasteiger partial charge in [0.25, 0.3) is 0 Å². The zero-order valence-electron chi connectivity index (χ0n) is 19.9. The van der Waals surface area contributed by atoms with Gasteiger partial charge in [-0.05, 0) is 55.7 Å². The van der Waals surface area contributed by atoms with E-state index in [0.717, 1.165) is 11.3 Å². The number of benzene rings is 3. The van der Waals surface area contributed by atoms with Crippen molar-refractivity contribution < 1.29 is 28.8 Å². The first kappa shape index (κ1) is 24.7. The number of hydrogen-bond donors (Lipinski definition) is 1. The summed E-state index contributed by atoms with van der Waals surface area (Å²) in [5.74, 6) is 2.25. The van der Waals surface area contributed by atoms with Gasteiger partial charge in [0.2, 0.25) is 5.60 Å². The highest BCUT2D eigenvalue weighted by atomic mass is 35.5. The lowest BCUT2D eigenvalue weighted by atomic mass is 9.89. The van der Waals surface area contributed by atoms with Gasteiger partial charge in [-0.1, -0.05) is 42.3 Å². The molecule has 1 aliphatic heterocycles. The van der Waals surface area contributed by atoms with Crippen LogP contribution in [0, 0.1) is 6.92 Å². The quantitative estimate of drug-likeness (QED) is 0.309. The van der Waals surface area contributed by atoms with Crippen LogP contribution < -0.4 is 18.9 Å². The smallest absolute Gasteiger partial charge is 0.348 e. The minimum absolute atomic E-state index is 0.409. The van der Waals surface area contributed by atoms with Crippen LogP contribution in [0.3, 0.4) is 0 Å². The highest BCUT2D eigenvalue weighted by Gasteiger charge is 2.42. The number of aliphatic carboxylic acids is 1. The summed E-state index contributed by atoms with van der Waals surface area (Å²) in [6.45, 7) is 4.72. The van der Waals surface area contributed by atoms with E-state index < -0.39 is 11.6 Å². The number of halogens is 1. The summed E-state index contributed by atoms with van der Waals surface area (Å²) >= 11 is 6.36. The number of carboxylic acid groups (broad SMARTS) is 1. The van der Waals surface area contributed by atoms with Crippen molar-refractivity contribution >= 4 is 17.6 Å². The lowest BCUT2D eigenvalue weighted by molar-refractivity contribution is -0.157. The molecular weight excluding hydrogens is 468 g/mol. The largest absolute Gasteiger partial charge is 0.493 e. The van der Waals surface area contributed by atoms with Gasteiger partial charge < -0.3 is 24.1 Å². The van der Waals surface area contributed by atoms with E-state index in [4.69, 9.17) is 30.5 Å². The molecule has 7 heteroatoms. The Morgan fingerprint density at radius 3 is 2.43 bits per heavy atom. The molecule has 1 atom stereocenters. The molecule has 0 saturated carbocycles.